The highest BCUT2D eigenvalue weighted by Gasteiger charge is 2.26. The summed E-state index contributed by atoms with van der Waals surface area (Å²) in [5, 5.41) is 8.93. The summed E-state index contributed by atoms with van der Waals surface area (Å²) >= 11 is 5.78. The van der Waals surface area contributed by atoms with Gasteiger partial charge < -0.3 is 14.7 Å². The zero-order valence-electron chi connectivity index (χ0n) is 12.7. The average Bonchev–Trinajstić information content (AvgIpc) is 2.44. The highest BCUT2D eigenvalue weighted by atomic mass is 35.5. The molecule has 0 saturated carbocycles. The molecule has 8 heteroatoms. The van der Waals surface area contributed by atoms with E-state index in [4.69, 9.17) is 21.4 Å². The summed E-state index contributed by atoms with van der Waals surface area (Å²) < 4.78 is 18.9. The summed E-state index contributed by atoms with van der Waals surface area (Å²) in [5.74, 6) is -1.81. The van der Waals surface area contributed by atoms with Crippen LogP contribution >= 0.6 is 11.6 Å². The first kappa shape index (κ1) is 17.7. The Morgan fingerprint density at radius 2 is 2.22 bits per heavy atom. The minimum atomic E-state index is -0.925. The molecule has 1 aromatic rings. The second-order valence-electron chi connectivity index (χ2n) is 5.49. The molecule has 1 aliphatic heterocycles. The molecule has 1 heterocycles. The molecule has 1 saturated heterocycles. The third-order valence-corrected chi connectivity index (χ3v) is 3.67. The molecule has 0 spiro atoms. The van der Waals surface area contributed by atoms with E-state index in [0.717, 1.165) is 12.1 Å². The Balaban J connectivity index is 2.00. The van der Waals surface area contributed by atoms with Crippen molar-refractivity contribution in [2.75, 3.05) is 39.8 Å². The molecule has 1 atom stereocenters. The Labute approximate surface area is 138 Å². The second kappa shape index (κ2) is 7.72. The van der Waals surface area contributed by atoms with Crippen LogP contribution < -0.4 is 0 Å². The first-order chi connectivity index (χ1) is 10.8. The van der Waals surface area contributed by atoms with E-state index in [9.17, 15) is 14.0 Å². The molecular formula is C15H18ClFN2O4. The Morgan fingerprint density at radius 3 is 2.87 bits per heavy atom. The molecule has 2 rings (SSSR count). The number of nitrogens with zero attached hydrogens (tertiary/aromatic N) is 2. The maximum Gasteiger partial charge on any atom is 0.317 e. The smallest absolute Gasteiger partial charge is 0.317 e. The van der Waals surface area contributed by atoms with Gasteiger partial charge in [0.1, 0.15) is 5.82 Å². The predicted molar refractivity (Wildman–Crippen MR) is 82.2 cm³/mol. The number of likely N-dealkylation sites (N-methyl/N-ethyl adjacent to an activating group) is 1. The van der Waals surface area contributed by atoms with Crippen LogP contribution in [0.2, 0.25) is 5.02 Å². The number of halogens is 2. The Hall–Kier alpha value is -1.70. The molecule has 1 amide bonds. The fourth-order valence-corrected chi connectivity index (χ4v) is 2.74. The minimum Gasteiger partial charge on any atom is -0.480 e. The minimum absolute atomic E-state index is 0.104. The van der Waals surface area contributed by atoms with E-state index in [0.29, 0.717) is 26.2 Å². The lowest BCUT2D eigenvalue weighted by molar-refractivity contribution is -0.138. The fraction of sp³-hybridized carbons (Fsp3) is 0.467. The predicted octanol–water partition coefficient (Wildman–Crippen LogP) is 1.34. The van der Waals surface area contributed by atoms with E-state index < -0.39 is 11.8 Å². The van der Waals surface area contributed by atoms with E-state index >= 15 is 0 Å². The van der Waals surface area contributed by atoms with Crippen molar-refractivity contribution in [2.45, 2.75) is 6.10 Å². The summed E-state index contributed by atoms with van der Waals surface area (Å²) in [6, 6.07) is 3.71. The van der Waals surface area contributed by atoms with Crippen LogP contribution in [-0.2, 0) is 9.53 Å². The van der Waals surface area contributed by atoms with Gasteiger partial charge in [-0.1, -0.05) is 11.6 Å². The van der Waals surface area contributed by atoms with Gasteiger partial charge in [-0.2, -0.15) is 0 Å². The van der Waals surface area contributed by atoms with Crippen molar-refractivity contribution in [2.24, 2.45) is 0 Å². The Morgan fingerprint density at radius 1 is 1.48 bits per heavy atom. The first-order valence-corrected chi connectivity index (χ1v) is 7.50. The lowest BCUT2D eigenvalue weighted by Gasteiger charge is -2.34. The fourth-order valence-electron chi connectivity index (χ4n) is 2.52. The van der Waals surface area contributed by atoms with Gasteiger partial charge in [0.15, 0.2) is 0 Å². The highest BCUT2D eigenvalue weighted by molar-refractivity contribution is 6.31. The monoisotopic (exact) mass is 344 g/mol. The van der Waals surface area contributed by atoms with Crippen molar-refractivity contribution in [3.05, 3.63) is 34.6 Å². The van der Waals surface area contributed by atoms with Crippen LogP contribution in [0, 0.1) is 5.82 Å². The van der Waals surface area contributed by atoms with E-state index in [1.165, 1.54) is 6.07 Å². The highest BCUT2D eigenvalue weighted by Crippen LogP contribution is 2.17. The van der Waals surface area contributed by atoms with Crippen LogP contribution in [0.3, 0.4) is 0 Å². The summed E-state index contributed by atoms with van der Waals surface area (Å²) in [7, 11) is 1.67. The molecule has 6 nitrogen and oxygen atoms in total. The number of carbonyl (C=O) groups excluding carboxylic acids is 1. The van der Waals surface area contributed by atoms with E-state index in [1.807, 2.05) is 0 Å². The number of rotatable bonds is 5. The summed E-state index contributed by atoms with van der Waals surface area (Å²) in [6.45, 7) is 1.34. The molecular weight excluding hydrogens is 327 g/mol. The topological polar surface area (TPSA) is 70.1 Å². The number of benzene rings is 1. The maximum atomic E-state index is 13.4. The van der Waals surface area contributed by atoms with Crippen LogP contribution in [-0.4, -0.2) is 72.7 Å². The lowest BCUT2D eigenvalue weighted by atomic mass is 10.1. The van der Waals surface area contributed by atoms with Crippen LogP contribution in [0.4, 0.5) is 4.39 Å². The largest absolute Gasteiger partial charge is 0.480 e. The van der Waals surface area contributed by atoms with E-state index in [1.54, 1.807) is 16.8 Å². The summed E-state index contributed by atoms with van der Waals surface area (Å²) in [5.41, 5.74) is 0.189. The molecule has 1 unspecified atom stereocenters. The standard InChI is InChI=1S/C15H18ClFN2O4/c1-18(9-14(20)21)7-13-8-19(2-3-23-13)15(22)10-4-11(16)6-12(17)5-10/h4-6,13H,2-3,7-9H2,1H3,(H,20,21). The Bertz CT molecular complexity index is 579. The Kier molecular flexibility index (Phi) is 5.92. The second-order valence-corrected chi connectivity index (χ2v) is 5.93. The number of carboxylic acids is 1. The number of carbonyl (C=O) groups is 2. The van der Waals surface area contributed by atoms with Crippen molar-refractivity contribution < 1.29 is 23.8 Å². The van der Waals surface area contributed by atoms with E-state index in [-0.39, 0.29) is 29.1 Å². The summed E-state index contributed by atoms with van der Waals surface area (Å²) in [6.07, 6.45) is -0.291. The van der Waals surface area contributed by atoms with Gasteiger partial charge in [-0.15, -0.1) is 0 Å². The van der Waals surface area contributed by atoms with Gasteiger partial charge in [-0.3, -0.25) is 14.5 Å². The van der Waals surface area contributed by atoms with Gasteiger partial charge in [-0.25, -0.2) is 4.39 Å². The summed E-state index contributed by atoms with van der Waals surface area (Å²) in [4.78, 5) is 26.3. The van der Waals surface area contributed by atoms with Crippen molar-refractivity contribution >= 4 is 23.5 Å². The number of hydrogen-bond acceptors (Lipinski definition) is 4. The van der Waals surface area contributed by atoms with Gasteiger partial charge in [0, 0.05) is 30.2 Å². The molecule has 23 heavy (non-hydrogen) atoms. The zero-order chi connectivity index (χ0) is 17.0. The van der Waals surface area contributed by atoms with Crippen LogP contribution in [0.25, 0.3) is 0 Å². The van der Waals surface area contributed by atoms with Gasteiger partial charge >= 0.3 is 5.97 Å². The van der Waals surface area contributed by atoms with Crippen LogP contribution in [0.5, 0.6) is 0 Å². The zero-order valence-corrected chi connectivity index (χ0v) is 13.4. The van der Waals surface area contributed by atoms with Crippen LogP contribution in [0.15, 0.2) is 18.2 Å². The van der Waals surface area contributed by atoms with E-state index in [2.05, 4.69) is 0 Å². The number of hydrogen-bond donors (Lipinski definition) is 1. The number of carboxylic acid groups (broad SMARTS) is 1. The average molecular weight is 345 g/mol. The molecule has 1 aromatic carbocycles. The number of aliphatic carboxylic acids is 1. The van der Waals surface area contributed by atoms with Crippen LogP contribution in [0.1, 0.15) is 10.4 Å². The molecule has 1 N–H and O–H groups in total. The lowest BCUT2D eigenvalue weighted by Crippen LogP contribution is -2.49. The number of morpholine rings is 1. The number of ether oxygens (including phenoxy) is 1. The molecule has 0 aliphatic carbocycles. The van der Waals surface area contributed by atoms with Crippen molar-refractivity contribution in [1.82, 2.24) is 9.80 Å². The molecule has 0 radical (unpaired) electrons. The SMILES string of the molecule is CN(CC(=O)O)CC1CN(C(=O)c2cc(F)cc(Cl)c2)CCO1. The van der Waals surface area contributed by atoms with Crippen molar-refractivity contribution in [3.63, 3.8) is 0 Å². The van der Waals surface area contributed by atoms with Gasteiger partial charge in [-0.05, 0) is 25.2 Å². The first-order valence-electron chi connectivity index (χ1n) is 7.12. The molecule has 126 valence electrons. The third-order valence-electron chi connectivity index (χ3n) is 3.46. The number of amides is 1. The maximum absolute atomic E-state index is 13.4. The molecule has 1 aliphatic rings. The quantitative estimate of drug-likeness (QED) is 0.872. The van der Waals surface area contributed by atoms with Crippen molar-refractivity contribution in [1.29, 1.82) is 0 Å². The molecule has 0 aromatic heterocycles. The molecule has 1 fully saturated rings. The van der Waals surface area contributed by atoms with Gasteiger partial charge in [0.05, 0.1) is 19.3 Å². The third kappa shape index (κ3) is 5.16. The van der Waals surface area contributed by atoms with Gasteiger partial charge in [0.2, 0.25) is 0 Å². The van der Waals surface area contributed by atoms with Gasteiger partial charge in [0.25, 0.3) is 5.91 Å². The molecule has 0 bridgehead atoms. The normalized spacial score (nSPS) is 18.3. The van der Waals surface area contributed by atoms with Crippen molar-refractivity contribution in [3.8, 4) is 0 Å².